The molecule has 0 saturated carbocycles. The van der Waals surface area contributed by atoms with Crippen LogP contribution >= 0.6 is 28.3 Å². The molecule has 1 atom stereocenters. The molecule has 8 heteroatoms. The van der Waals surface area contributed by atoms with Crippen molar-refractivity contribution in [2.45, 2.75) is 26.5 Å². The molecule has 124 valence electrons. The Morgan fingerprint density at radius 2 is 2.17 bits per heavy atom. The van der Waals surface area contributed by atoms with E-state index in [0.29, 0.717) is 10.5 Å². The number of halogens is 1. The first kappa shape index (κ1) is 19.3. The van der Waals surface area contributed by atoms with Gasteiger partial charge in [-0.15, -0.1) is 28.3 Å². The van der Waals surface area contributed by atoms with Crippen molar-refractivity contribution in [3.05, 3.63) is 46.2 Å². The van der Waals surface area contributed by atoms with E-state index in [9.17, 15) is 14.7 Å². The number of aliphatic hydroxyl groups excluding tert-OH is 1. The van der Waals surface area contributed by atoms with Crippen LogP contribution in [0.25, 0.3) is 0 Å². The van der Waals surface area contributed by atoms with E-state index >= 15 is 0 Å². The lowest BCUT2D eigenvalue weighted by atomic mass is 10.1. The number of anilines is 1. The molecular formula is C15H18BrN3O3S. The van der Waals surface area contributed by atoms with Crippen LogP contribution < -0.4 is 10.1 Å². The second-order valence-electron chi connectivity index (χ2n) is 4.79. The average molecular weight is 400 g/mol. The molecule has 0 aliphatic heterocycles. The van der Waals surface area contributed by atoms with Crippen molar-refractivity contribution in [3.63, 3.8) is 0 Å². The lowest BCUT2D eigenvalue weighted by Gasteiger charge is -2.09. The molecular weight excluding hydrogens is 382 g/mol. The zero-order valence-corrected chi connectivity index (χ0v) is 15.3. The van der Waals surface area contributed by atoms with E-state index in [1.54, 1.807) is 47.3 Å². The minimum atomic E-state index is -0.593. The van der Waals surface area contributed by atoms with Crippen LogP contribution in [0.15, 0.2) is 40.8 Å². The van der Waals surface area contributed by atoms with Gasteiger partial charge in [0.25, 0.3) is 0 Å². The van der Waals surface area contributed by atoms with E-state index in [1.165, 1.54) is 18.3 Å². The Hall–Kier alpha value is -1.77. The quantitative estimate of drug-likeness (QED) is 0.826. The largest absolute Gasteiger partial charge is 0.389 e. The molecule has 0 aliphatic rings. The number of nitrogens with one attached hydrogen (secondary N) is 1. The number of amides is 2. The summed E-state index contributed by atoms with van der Waals surface area (Å²) in [6.07, 6.45) is 1.11. The molecule has 1 aromatic carbocycles. The van der Waals surface area contributed by atoms with E-state index in [4.69, 9.17) is 0 Å². The number of rotatable bonds is 4. The summed E-state index contributed by atoms with van der Waals surface area (Å²) in [6, 6.07) is 7.04. The summed E-state index contributed by atoms with van der Waals surface area (Å²) in [7, 11) is 0. The van der Waals surface area contributed by atoms with Gasteiger partial charge in [0.2, 0.25) is 11.8 Å². The van der Waals surface area contributed by atoms with Gasteiger partial charge in [0.15, 0.2) is 4.80 Å². The van der Waals surface area contributed by atoms with Gasteiger partial charge in [0.1, 0.15) is 6.54 Å². The first-order valence-corrected chi connectivity index (χ1v) is 7.61. The van der Waals surface area contributed by atoms with Crippen LogP contribution in [0.2, 0.25) is 0 Å². The Kier molecular flexibility index (Phi) is 7.34. The number of carbonyl (C=O) groups excluding carboxylic acids is 2. The number of carbonyl (C=O) groups is 2. The van der Waals surface area contributed by atoms with E-state index in [2.05, 4.69) is 10.3 Å². The van der Waals surface area contributed by atoms with Crippen LogP contribution in [0, 0.1) is 0 Å². The molecule has 6 nitrogen and oxygen atoms in total. The van der Waals surface area contributed by atoms with Crippen molar-refractivity contribution in [3.8, 4) is 0 Å². The topological polar surface area (TPSA) is 83.7 Å². The van der Waals surface area contributed by atoms with Crippen molar-refractivity contribution in [2.75, 3.05) is 5.32 Å². The predicted octanol–water partition coefficient (Wildman–Crippen LogP) is 2.27. The van der Waals surface area contributed by atoms with Crippen LogP contribution in [-0.4, -0.2) is 21.5 Å². The van der Waals surface area contributed by atoms with Gasteiger partial charge in [0.05, 0.1) is 6.10 Å². The molecule has 1 unspecified atom stereocenters. The van der Waals surface area contributed by atoms with Gasteiger partial charge in [-0.2, -0.15) is 4.99 Å². The Morgan fingerprint density at radius 1 is 1.43 bits per heavy atom. The fraction of sp³-hybridized carbons (Fsp3) is 0.267. The zero-order chi connectivity index (χ0) is 16.1. The molecule has 1 heterocycles. The molecule has 0 aliphatic carbocycles. The van der Waals surface area contributed by atoms with E-state index in [1.807, 2.05) is 0 Å². The Labute approximate surface area is 148 Å². The number of aromatic nitrogens is 1. The van der Waals surface area contributed by atoms with Crippen LogP contribution in [0.1, 0.15) is 25.5 Å². The third-order valence-corrected chi connectivity index (χ3v) is 3.67. The minimum Gasteiger partial charge on any atom is -0.389 e. The first-order chi connectivity index (χ1) is 10.5. The van der Waals surface area contributed by atoms with Crippen LogP contribution in [0.4, 0.5) is 5.69 Å². The van der Waals surface area contributed by atoms with Gasteiger partial charge in [-0.25, -0.2) is 0 Å². The molecule has 0 saturated heterocycles. The maximum atomic E-state index is 12.1. The highest BCUT2D eigenvalue weighted by atomic mass is 79.9. The number of nitrogens with zero attached hydrogens (tertiary/aromatic N) is 2. The third kappa shape index (κ3) is 5.74. The summed E-state index contributed by atoms with van der Waals surface area (Å²) in [6.45, 7) is 3.10. The molecule has 2 N–H and O–H groups in total. The van der Waals surface area contributed by atoms with Gasteiger partial charge < -0.3 is 15.0 Å². The van der Waals surface area contributed by atoms with Crippen LogP contribution in [-0.2, 0) is 16.1 Å². The summed E-state index contributed by atoms with van der Waals surface area (Å²) in [5.74, 6) is -0.535. The van der Waals surface area contributed by atoms with Gasteiger partial charge in [0, 0.05) is 24.2 Å². The second-order valence-corrected chi connectivity index (χ2v) is 5.67. The van der Waals surface area contributed by atoms with Crippen molar-refractivity contribution in [2.24, 2.45) is 4.99 Å². The molecule has 0 radical (unpaired) electrons. The molecule has 0 spiro atoms. The number of hydrogen-bond donors (Lipinski definition) is 2. The summed E-state index contributed by atoms with van der Waals surface area (Å²) >= 11 is 1.29. The number of thiazole rings is 1. The van der Waals surface area contributed by atoms with Crippen molar-refractivity contribution >= 4 is 45.8 Å². The van der Waals surface area contributed by atoms with Gasteiger partial charge >= 0.3 is 0 Å². The molecule has 2 rings (SSSR count). The fourth-order valence-electron chi connectivity index (χ4n) is 1.87. The minimum absolute atomic E-state index is 0. The molecule has 23 heavy (non-hydrogen) atoms. The van der Waals surface area contributed by atoms with E-state index in [-0.39, 0.29) is 35.3 Å². The average Bonchev–Trinajstić information content (AvgIpc) is 2.85. The zero-order valence-electron chi connectivity index (χ0n) is 12.7. The predicted molar refractivity (Wildman–Crippen MR) is 94.6 cm³/mol. The van der Waals surface area contributed by atoms with Crippen molar-refractivity contribution in [1.82, 2.24) is 4.57 Å². The summed E-state index contributed by atoms with van der Waals surface area (Å²) < 4.78 is 1.61. The van der Waals surface area contributed by atoms with Gasteiger partial charge in [-0.3, -0.25) is 9.59 Å². The molecule has 1 aromatic heterocycles. The number of benzene rings is 1. The van der Waals surface area contributed by atoms with E-state index < -0.39 is 6.10 Å². The Bertz CT molecular complexity index is 752. The van der Waals surface area contributed by atoms with Crippen LogP contribution in [0.3, 0.4) is 0 Å². The molecule has 2 aromatic rings. The van der Waals surface area contributed by atoms with E-state index in [0.717, 1.165) is 5.56 Å². The first-order valence-electron chi connectivity index (χ1n) is 6.73. The monoisotopic (exact) mass is 399 g/mol. The summed E-state index contributed by atoms with van der Waals surface area (Å²) in [4.78, 5) is 27.5. The van der Waals surface area contributed by atoms with Crippen LogP contribution in [0.5, 0.6) is 0 Å². The highest BCUT2D eigenvalue weighted by Crippen LogP contribution is 2.16. The normalized spacial score (nSPS) is 12.4. The Balaban J connectivity index is 0.00000264. The highest BCUT2D eigenvalue weighted by molar-refractivity contribution is 8.93. The van der Waals surface area contributed by atoms with Gasteiger partial charge in [-0.1, -0.05) is 12.1 Å². The van der Waals surface area contributed by atoms with Gasteiger partial charge in [-0.05, 0) is 24.6 Å². The molecule has 0 bridgehead atoms. The van der Waals surface area contributed by atoms with Crippen molar-refractivity contribution < 1.29 is 14.7 Å². The highest BCUT2D eigenvalue weighted by Gasteiger charge is 2.07. The molecule has 2 amide bonds. The SMILES string of the molecule is Br.CC(=O)N=c1sccn1CC(=O)Nc1cccc(C(C)O)c1. The number of hydrogen-bond acceptors (Lipinski definition) is 4. The third-order valence-electron chi connectivity index (χ3n) is 2.88. The smallest absolute Gasteiger partial charge is 0.245 e. The fourth-order valence-corrected chi connectivity index (χ4v) is 2.64. The maximum Gasteiger partial charge on any atom is 0.245 e. The second kappa shape index (κ2) is 8.76. The maximum absolute atomic E-state index is 12.1. The lowest BCUT2D eigenvalue weighted by Crippen LogP contribution is -2.25. The standard InChI is InChI=1S/C15H17N3O3S.BrH/c1-10(19)12-4-3-5-13(8-12)17-14(21)9-18-6-7-22-15(18)16-11(2)20;/h3-8,10,19H,9H2,1-2H3,(H,17,21);1H. The number of aliphatic hydroxyl groups is 1. The summed E-state index contributed by atoms with van der Waals surface area (Å²) in [5, 5.41) is 14.1. The van der Waals surface area contributed by atoms with Crippen molar-refractivity contribution in [1.29, 1.82) is 0 Å². The molecule has 0 fully saturated rings. The lowest BCUT2D eigenvalue weighted by molar-refractivity contribution is -0.117. The summed E-state index contributed by atoms with van der Waals surface area (Å²) in [5.41, 5.74) is 1.34. The Morgan fingerprint density at radius 3 is 2.83 bits per heavy atom.